The molecule has 20 heavy (non-hydrogen) atoms. The molecule has 0 spiro atoms. The van der Waals surface area contributed by atoms with Gasteiger partial charge in [0.05, 0.1) is 0 Å². The maximum atomic E-state index is 12.6. The second-order valence-corrected chi connectivity index (χ2v) is 5.66. The van der Waals surface area contributed by atoms with Gasteiger partial charge in [0.1, 0.15) is 11.0 Å². The minimum Gasteiger partial charge on any atom is -0.349 e. The molecule has 0 unspecified atom stereocenters. The van der Waals surface area contributed by atoms with Crippen LogP contribution in [0, 0.1) is 0 Å². The zero-order valence-corrected chi connectivity index (χ0v) is 11.7. The molecule has 0 bridgehead atoms. The van der Waals surface area contributed by atoms with Crippen LogP contribution in [-0.2, 0) is 0 Å². The van der Waals surface area contributed by atoms with E-state index in [4.69, 9.17) is 0 Å². The van der Waals surface area contributed by atoms with Gasteiger partial charge in [-0.2, -0.15) is 9.78 Å². The number of rotatable bonds is 1. The summed E-state index contributed by atoms with van der Waals surface area (Å²) < 4.78 is 1.42. The summed E-state index contributed by atoms with van der Waals surface area (Å²) in [6, 6.07) is 7.83. The molecule has 6 heteroatoms. The molecular formula is C14H12N4OS. The molecule has 0 fully saturated rings. The summed E-state index contributed by atoms with van der Waals surface area (Å²) in [7, 11) is 0. The normalized spacial score (nSPS) is 14.6. The number of aromatic nitrogens is 3. The molecule has 3 heterocycles. The summed E-state index contributed by atoms with van der Waals surface area (Å²) >= 11 is 1.57. The maximum absolute atomic E-state index is 12.6. The maximum Gasteiger partial charge on any atom is 0.299 e. The number of benzene rings is 1. The zero-order valence-electron chi connectivity index (χ0n) is 10.9. The van der Waals surface area contributed by atoms with Gasteiger partial charge < -0.3 is 4.98 Å². The third-order valence-corrected chi connectivity index (χ3v) is 4.49. The van der Waals surface area contributed by atoms with E-state index < -0.39 is 0 Å². The molecule has 3 aromatic rings. The van der Waals surface area contributed by atoms with Gasteiger partial charge in [-0.15, -0.1) is 0 Å². The molecule has 0 saturated carbocycles. The van der Waals surface area contributed by atoms with Gasteiger partial charge in [0.25, 0.3) is 5.56 Å². The van der Waals surface area contributed by atoms with Crippen LogP contribution in [0.4, 0.5) is 0 Å². The van der Waals surface area contributed by atoms with Gasteiger partial charge in [0.2, 0.25) is 0 Å². The Kier molecular flexibility index (Phi) is 2.47. The van der Waals surface area contributed by atoms with E-state index in [1.54, 1.807) is 11.8 Å². The average molecular weight is 284 g/mol. The molecule has 4 rings (SSSR count). The lowest BCUT2D eigenvalue weighted by Crippen LogP contribution is -2.25. The van der Waals surface area contributed by atoms with Crippen molar-refractivity contribution in [3.05, 3.63) is 34.6 Å². The molecule has 0 atom stereocenters. The second kappa shape index (κ2) is 4.21. The van der Waals surface area contributed by atoms with E-state index in [1.807, 2.05) is 31.2 Å². The standard InChI is InChI=1S/C14H12N4OS/c1-2-8-7-20-14-16-11-9-5-3-4-6-10(9)15-12(11)13(19)18(14)17-8/h3-6,15H,2,7H2,1H3. The SMILES string of the molecule is CCC1=Nn2c(nc3c([nH]c4ccccc43)c2=O)SC1. The largest absolute Gasteiger partial charge is 0.349 e. The van der Waals surface area contributed by atoms with Crippen LogP contribution in [-0.4, -0.2) is 26.1 Å². The lowest BCUT2D eigenvalue weighted by atomic mass is 10.2. The third kappa shape index (κ3) is 1.54. The van der Waals surface area contributed by atoms with E-state index in [-0.39, 0.29) is 5.56 Å². The van der Waals surface area contributed by atoms with Gasteiger partial charge in [0, 0.05) is 22.4 Å². The summed E-state index contributed by atoms with van der Waals surface area (Å²) in [5.74, 6) is 0.802. The van der Waals surface area contributed by atoms with Gasteiger partial charge in [-0.25, -0.2) is 4.98 Å². The van der Waals surface area contributed by atoms with Gasteiger partial charge in [-0.1, -0.05) is 36.9 Å². The molecule has 2 aromatic heterocycles. The monoisotopic (exact) mass is 284 g/mol. The van der Waals surface area contributed by atoms with Crippen LogP contribution in [0.15, 0.2) is 39.3 Å². The Bertz CT molecular complexity index is 922. The van der Waals surface area contributed by atoms with Crippen LogP contribution in [0.2, 0.25) is 0 Å². The first-order chi connectivity index (χ1) is 9.78. The van der Waals surface area contributed by atoms with Gasteiger partial charge >= 0.3 is 0 Å². The number of fused-ring (bicyclic) bond motifs is 4. The van der Waals surface area contributed by atoms with E-state index in [9.17, 15) is 4.79 Å². The van der Waals surface area contributed by atoms with E-state index in [1.165, 1.54) is 4.68 Å². The fraction of sp³-hybridized carbons (Fsp3) is 0.214. The summed E-state index contributed by atoms with van der Waals surface area (Å²) in [6.45, 7) is 2.05. The van der Waals surface area contributed by atoms with Crippen LogP contribution in [0.3, 0.4) is 0 Å². The van der Waals surface area contributed by atoms with Crippen molar-refractivity contribution in [3.63, 3.8) is 0 Å². The van der Waals surface area contributed by atoms with Crippen molar-refractivity contribution in [2.24, 2.45) is 5.10 Å². The van der Waals surface area contributed by atoms with Crippen molar-refractivity contribution in [3.8, 4) is 0 Å². The van der Waals surface area contributed by atoms with Crippen LogP contribution < -0.4 is 5.56 Å². The molecule has 0 saturated heterocycles. The Morgan fingerprint density at radius 2 is 2.25 bits per heavy atom. The number of hydrogen-bond acceptors (Lipinski definition) is 4. The van der Waals surface area contributed by atoms with Gasteiger partial charge in [0.15, 0.2) is 5.16 Å². The third-order valence-electron chi connectivity index (χ3n) is 3.49. The smallest absolute Gasteiger partial charge is 0.299 e. The number of hydrogen-bond donors (Lipinski definition) is 1. The fourth-order valence-electron chi connectivity index (χ4n) is 2.41. The first-order valence-corrected chi connectivity index (χ1v) is 7.49. The highest BCUT2D eigenvalue weighted by molar-refractivity contribution is 7.99. The topological polar surface area (TPSA) is 63.0 Å². The molecule has 1 aliphatic heterocycles. The minimum absolute atomic E-state index is 0.126. The Morgan fingerprint density at radius 3 is 3.10 bits per heavy atom. The van der Waals surface area contributed by atoms with Crippen molar-refractivity contribution in [2.75, 3.05) is 5.75 Å². The summed E-state index contributed by atoms with van der Waals surface area (Å²) in [4.78, 5) is 20.4. The first-order valence-electron chi connectivity index (χ1n) is 6.51. The highest BCUT2D eigenvalue weighted by Crippen LogP contribution is 2.26. The number of thioether (sulfide) groups is 1. The van der Waals surface area contributed by atoms with Crippen LogP contribution >= 0.6 is 11.8 Å². The highest BCUT2D eigenvalue weighted by atomic mass is 32.2. The predicted octanol–water partition coefficient (Wildman–Crippen LogP) is 2.60. The molecule has 0 amide bonds. The average Bonchev–Trinajstić information content (AvgIpc) is 2.86. The molecule has 5 nitrogen and oxygen atoms in total. The van der Waals surface area contributed by atoms with Gasteiger partial charge in [-0.05, 0) is 12.5 Å². The minimum atomic E-state index is -0.126. The Hall–Kier alpha value is -2.08. The first kappa shape index (κ1) is 11.7. The molecule has 1 aromatic carbocycles. The van der Waals surface area contributed by atoms with E-state index in [0.717, 1.165) is 34.3 Å². The number of aromatic amines is 1. The van der Waals surface area contributed by atoms with E-state index in [2.05, 4.69) is 15.1 Å². The Balaban J connectivity index is 2.13. The summed E-state index contributed by atoms with van der Waals surface area (Å²) in [5.41, 5.74) is 3.08. The van der Waals surface area contributed by atoms with Crippen LogP contribution in [0.25, 0.3) is 21.9 Å². The molecule has 1 aliphatic rings. The summed E-state index contributed by atoms with van der Waals surface area (Å²) in [5, 5.41) is 6.05. The molecule has 1 N–H and O–H groups in total. The van der Waals surface area contributed by atoms with Crippen molar-refractivity contribution in [2.45, 2.75) is 18.5 Å². The van der Waals surface area contributed by atoms with Gasteiger partial charge in [-0.3, -0.25) is 4.79 Å². The van der Waals surface area contributed by atoms with Crippen molar-refractivity contribution < 1.29 is 0 Å². The zero-order chi connectivity index (χ0) is 13.7. The molecule has 0 radical (unpaired) electrons. The Morgan fingerprint density at radius 1 is 1.40 bits per heavy atom. The van der Waals surface area contributed by atoms with Crippen LogP contribution in [0.1, 0.15) is 13.3 Å². The lowest BCUT2D eigenvalue weighted by Gasteiger charge is -2.14. The van der Waals surface area contributed by atoms with Crippen LogP contribution in [0.5, 0.6) is 0 Å². The number of nitrogens with one attached hydrogen (secondary N) is 1. The van der Waals surface area contributed by atoms with E-state index in [0.29, 0.717) is 10.7 Å². The number of para-hydroxylation sites is 1. The summed E-state index contributed by atoms with van der Waals surface area (Å²) in [6.07, 6.45) is 0.851. The van der Waals surface area contributed by atoms with Crippen molar-refractivity contribution >= 4 is 39.4 Å². The predicted molar refractivity (Wildman–Crippen MR) is 81.7 cm³/mol. The number of nitrogens with zero attached hydrogens (tertiary/aromatic N) is 3. The molecule has 0 aliphatic carbocycles. The van der Waals surface area contributed by atoms with Crippen molar-refractivity contribution in [1.82, 2.24) is 14.6 Å². The molecular weight excluding hydrogens is 272 g/mol. The quantitative estimate of drug-likeness (QED) is 0.699. The Labute approximate surface area is 118 Å². The highest BCUT2D eigenvalue weighted by Gasteiger charge is 2.19. The van der Waals surface area contributed by atoms with E-state index >= 15 is 0 Å². The molecule has 100 valence electrons. The van der Waals surface area contributed by atoms with Crippen molar-refractivity contribution in [1.29, 1.82) is 0 Å². The number of H-pyrrole nitrogens is 1. The fourth-order valence-corrected chi connectivity index (χ4v) is 3.37. The lowest BCUT2D eigenvalue weighted by molar-refractivity contribution is 0.694. The second-order valence-electron chi connectivity index (χ2n) is 4.71.